The number of unbranched alkanes of at least 4 members (excludes halogenated alkanes) is 4. The van der Waals surface area contributed by atoms with E-state index in [1.165, 1.54) is 25.7 Å². The van der Waals surface area contributed by atoms with E-state index in [0.717, 1.165) is 19.4 Å². The highest BCUT2D eigenvalue weighted by Gasteiger charge is 2.26. The van der Waals surface area contributed by atoms with Gasteiger partial charge in [0, 0.05) is 13.0 Å². The average molecular weight is 260 g/mol. The first-order chi connectivity index (χ1) is 8.76. The van der Waals surface area contributed by atoms with Crippen molar-refractivity contribution in [2.45, 2.75) is 70.9 Å². The highest BCUT2D eigenvalue weighted by Crippen LogP contribution is 2.17. The summed E-state index contributed by atoms with van der Waals surface area (Å²) in [7, 11) is 0. The van der Waals surface area contributed by atoms with Crippen molar-refractivity contribution in [2.75, 3.05) is 19.8 Å². The molecule has 0 saturated carbocycles. The van der Waals surface area contributed by atoms with Gasteiger partial charge in [-0.25, -0.2) is 0 Å². The van der Waals surface area contributed by atoms with E-state index in [1.54, 1.807) is 0 Å². The van der Waals surface area contributed by atoms with E-state index in [-0.39, 0.29) is 25.1 Å². The average Bonchev–Trinajstić information content (AvgIpc) is 2.81. The number of hydrogen-bond acceptors (Lipinski definition) is 4. The molecular formula is C14H28O4. The lowest BCUT2D eigenvalue weighted by Gasteiger charge is -2.17. The second kappa shape index (κ2) is 9.73. The van der Waals surface area contributed by atoms with E-state index >= 15 is 0 Å². The maximum Gasteiger partial charge on any atom is 0.160 e. The smallest absolute Gasteiger partial charge is 0.160 e. The summed E-state index contributed by atoms with van der Waals surface area (Å²) >= 11 is 0. The van der Waals surface area contributed by atoms with Crippen LogP contribution >= 0.6 is 0 Å². The van der Waals surface area contributed by atoms with Crippen molar-refractivity contribution in [3.05, 3.63) is 0 Å². The first-order valence-electron chi connectivity index (χ1n) is 7.25. The Morgan fingerprint density at radius 2 is 2.06 bits per heavy atom. The van der Waals surface area contributed by atoms with E-state index in [0.29, 0.717) is 6.61 Å². The molecular weight excluding hydrogens is 232 g/mol. The van der Waals surface area contributed by atoms with Crippen LogP contribution in [0.4, 0.5) is 0 Å². The van der Waals surface area contributed by atoms with Crippen molar-refractivity contribution in [2.24, 2.45) is 0 Å². The third kappa shape index (κ3) is 6.69. The van der Waals surface area contributed by atoms with E-state index < -0.39 is 0 Å². The van der Waals surface area contributed by atoms with E-state index in [4.69, 9.17) is 19.3 Å². The quantitative estimate of drug-likeness (QED) is 0.613. The Morgan fingerprint density at radius 1 is 1.28 bits per heavy atom. The number of ether oxygens (including phenoxy) is 3. The molecule has 0 aromatic rings. The lowest BCUT2D eigenvalue weighted by molar-refractivity contribution is -0.0959. The topological polar surface area (TPSA) is 47.9 Å². The maximum atomic E-state index is 8.93. The molecule has 1 aliphatic heterocycles. The van der Waals surface area contributed by atoms with Crippen LogP contribution in [0.1, 0.15) is 52.4 Å². The second-order valence-electron chi connectivity index (χ2n) is 5.03. The third-order valence-corrected chi connectivity index (χ3v) is 3.19. The van der Waals surface area contributed by atoms with Gasteiger partial charge in [0.05, 0.1) is 19.3 Å². The summed E-state index contributed by atoms with van der Waals surface area (Å²) in [6.07, 6.45) is 6.82. The predicted octanol–water partition coefficient (Wildman–Crippen LogP) is 2.49. The van der Waals surface area contributed by atoms with Crippen LogP contribution in [0, 0.1) is 0 Å². The van der Waals surface area contributed by atoms with Crippen LogP contribution < -0.4 is 0 Å². The van der Waals surface area contributed by atoms with Crippen LogP contribution in [0.2, 0.25) is 0 Å². The molecule has 4 heteroatoms. The highest BCUT2D eigenvalue weighted by molar-refractivity contribution is 4.66. The van der Waals surface area contributed by atoms with Gasteiger partial charge < -0.3 is 19.3 Å². The van der Waals surface area contributed by atoms with Gasteiger partial charge in [-0.15, -0.1) is 0 Å². The van der Waals surface area contributed by atoms with Gasteiger partial charge in [0.25, 0.3) is 0 Å². The molecule has 1 N–H and O–H groups in total. The highest BCUT2D eigenvalue weighted by atomic mass is 16.7. The standard InChI is InChI=1S/C14H28O4/c1-3-4-5-6-7-8-16-12(2)9-14-17-11-13(10-15)18-14/h12-15H,3-11H2,1-2H3/t12?,13-,14-/m0/s1. The van der Waals surface area contributed by atoms with Gasteiger partial charge >= 0.3 is 0 Å². The summed E-state index contributed by atoms with van der Waals surface area (Å²) in [6, 6.07) is 0. The SMILES string of the molecule is CCCCCCCOC(C)C[C@H]1OC[C@H](CO)O1. The molecule has 108 valence electrons. The van der Waals surface area contributed by atoms with Gasteiger partial charge in [0.2, 0.25) is 0 Å². The van der Waals surface area contributed by atoms with Crippen molar-refractivity contribution >= 4 is 0 Å². The van der Waals surface area contributed by atoms with Gasteiger partial charge in [0.1, 0.15) is 6.10 Å². The normalized spacial score (nSPS) is 25.5. The first-order valence-corrected chi connectivity index (χ1v) is 7.25. The summed E-state index contributed by atoms with van der Waals surface area (Å²) < 4.78 is 16.6. The molecule has 1 rings (SSSR count). The lowest BCUT2D eigenvalue weighted by atomic mass is 10.2. The molecule has 0 amide bonds. The summed E-state index contributed by atoms with van der Waals surface area (Å²) in [6.45, 7) is 5.61. The van der Waals surface area contributed by atoms with Crippen molar-refractivity contribution in [3.63, 3.8) is 0 Å². The Bertz CT molecular complexity index is 198. The summed E-state index contributed by atoms with van der Waals surface area (Å²) in [5.41, 5.74) is 0. The maximum absolute atomic E-state index is 8.93. The largest absolute Gasteiger partial charge is 0.394 e. The Morgan fingerprint density at radius 3 is 2.72 bits per heavy atom. The summed E-state index contributed by atoms with van der Waals surface area (Å²) in [5, 5.41) is 8.93. The monoisotopic (exact) mass is 260 g/mol. The molecule has 4 nitrogen and oxygen atoms in total. The summed E-state index contributed by atoms with van der Waals surface area (Å²) in [4.78, 5) is 0. The molecule has 0 aromatic carbocycles. The van der Waals surface area contributed by atoms with Gasteiger partial charge in [-0.05, 0) is 13.3 Å². The van der Waals surface area contributed by atoms with Crippen molar-refractivity contribution < 1.29 is 19.3 Å². The van der Waals surface area contributed by atoms with Crippen LogP contribution in [-0.2, 0) is 14.2 Å². The molecule has 18 heavy (non-hydrogen) atoms. The predicted molar refractivity (Wildman–Crippen MR) is 70.5 cm³/mol. The Labute approximate surface area is 111 Å². The number of aliphatic hydroxyl groups is 1. The van der Waals surface area contributed by atoms with Gasteiger partial charge in [-0.2, -0.15) is 0 Å². The van der Waals surface area contributed by atoms with Crippen LogP contribution in [0.3, 0.4) is 0 Å². The number of rotatable bonds is 10. The van der Waals surface area contributed by atoms with Crippen LogP contribution in [0.5, 0.6) is 0 Å². The zero-order chi connectivity index (χ0) is 13.2. The molecule has 3 atom stereocenters. The minimum absolute atomic E-state index is 0.0309. The Hall–Kier alpha value is -0.160. The molecule has 0 aromatic heterocycles. The van der Waals surface area contributed by atoms with Crippen molar-refractivity contribution in [3.8, 4) is 0 Å². The van der Waals surface area contributed by atoms with E-state index in [2.05, 4.69) is 6.92 Å². The number of aliphatic hydroxyl groups excluding tert-OH is 1. The molecule has 1 unspecified atom stereocenters. The minimum Gasteiger partial charge on any atom is -0.394 e. The van der Waals surface area contributed by atoms with Gasteiger partial charge in [-0.1, -0.05) is 32.6 Å². The van der Waals surface area contributed by atoms with Crippen molar-refractivity contribution in [1.29, 1.82) is 0 Å². The summed E-state index contributed by atoms with van der Waals surface area (Å²) in [5.74, 6) is 0. The molecule has 0 bridgehead atoms. The Kier molecular flexibility index (Phi) is 8.59. The molecule has 0 aliphatic carbocycles. The fourth-order valence-corrected chi connectivity index (χ4v) is 2.06. The lowest BCUT2D eigenvalue weighted by Crippen LogP contribution is -2.21. The molecule has 1 heterocycles. The molecule has 1 fully saturated rings. The van der Waals surface area contributed by atoms with Crippen molar-refractivity contribution in [1.82, 2.24) is 0 Å². The molecule has 1 aliphatic rings. The molecule has 1 saturated heterocycles. The van der Waals surface area contributed by atoms with E-state index in [1.807, 2.05) is 6.92 Å². The van der Waals surface area contributed by atoms with Gasteiger partial charge in [-0.3, -0.25) is 0 Å². The minimum atomic E-state index is -0.211. The van der Waals surface area contributed by atoms with Gasteiger partial charge in [0.15, 0.2) is 6.29 Å². The van der Waals surface area contributed by atoms with Crippen LogP contribution in [-0.4, -0.2) is 43.4 Å². The third-order valence-electron chi connectivity index (χ3n) is 3.19. The molecule has 0 radical (unpaired) electrons. The molecule has 0 spiro atoms. The zero-order valence-electron chi connectivity index (χ0n) is 11.8. The first kappa shape index (κ1) is 15.9. The number of hydrogen-bond donors (Lipinski definition) is 1. The fraction of sp³-hybridized carbons (Fsp3) is 1.00. The van der Waals surface area contributed by atoms with Crippen LogP contribution in [0.15, 0.2) is 0 Å². The van der Waals surface area contributed by atoms with E-state index in [9.17, 15) is 0 Å². The van der Waals surface area contributed by atoms with Crippen LogP contribution in [0.25, 0.3) is 0 Å². The fourth-order valence-electron chi connectivity index (χ4n) is 2.06. The Balaban J connectivity index is 1.95. The zero-order valence-corrected chi connectivity index (χ0v) is 11.8. The second-order valence-corrected chi connectivity index (χ2v) is 5.03.